The summed E-state index contributed by atoms with van der Waals surface area (Å²) in [6.45, 7) is 29.7. The van der Waals surface area contributed by atoms with Crippen LogP contribution in [0, 0.1) is 6.33 Å². The highest BCUT2D eigenvalue weighted by atomic mass is 16.5. The summed E-state index contributed by atoms with van der Waals surface area (Å²) in [5.41, 5.74) is 14.0. The fraction of sp³-hybridized carbons (Fsp3) is 0.265. The van der Waals surface area contributed by atoms with Crippen molar-refractivity contribution in [1.82, 2.24) is 14.1 Å². The lowest BCUT2D eigenvalue weighted by Gasteiger charge is -2.28. The van der Waals surface area contributed by atoms with E-state index in [1.165, 1.54) is 38.8 Å². The van der Waals surface area contributed by atoms with Gasteiger partial charge in [0, 0.05) is 40.1 Å². The zero-order chi connectivity index (χ0) is 51.7. The first-order valence-corrected chi connectivity index (χ1v) is 25.8. The Morgan fingerprint density at radius 3 is 1.70 bits per heavy atom. The van der Waals surface area contributed by atoms with Crippen molar-refractivity contribution in [3.05, 3.63) is 234 Å². The number of benzene rings is 7. The number of hydrogen-bond donors (Lipinski definition) is 0. The largest absolute Gasteiger partial charge is 0.458 e. The van der Waals surface area contributed by atoms with Gasteiger partial charge in [-0.2, -0.15) is 0 Å². The molecule has 3 aromatic heterocycles. The Morgan fingerprint density at radius 1 is 0.438 bits per heavy atom. The van der Waals surface area contributed by atoms with Gasteiger partial charge in [-0.3, -0.25) is 13.7 Å². The van der Waals surface area contributed by atoms with Gasteiger partial charge in [0.1, 0.15) is 17.3 Å². The van der Waals surface area contributed by atoms with Crippen molar-refractivity contribution in [2.24, 2.45) is 0 Å². The predicted molar refractivity (Wildman–Crippen MR) is 303 cm³/mol. The van der Waals surface area contributed by atoms with E-state index in [1.54, 1.807) is 0 Å². The summed E-state index contributed by atoms with van der Waals surface area (Å²) in [5.74, 6) is 2.39. The first-order chi connectivity index (χ1) is 34.6. The Kier molecular flexibility index (Phi) is 12.2. The van der Waals surface area contributed by atoms with Crippen molar-refractivity contribution in [3.8, 4) is 39.8 Å². The number of fused-ring (bicyclic) bond motifs is 3. The second-order valence-electron chi connectivity index (χ2n) is 24.2. The molecule has 10 rings (SSSR count). The number of ether oxygens (including phenoxy) is 1. The minimum absolute atomic E-state index is 0.00708. The first-order valence-electron chi connectivity index (χ1n) is 25.8. The molecule has 5 heteroatoms. The molecule has 0 aliphatic heterocycles. The minimum Gasteiger partial charge on any atom is -0.458 e. The van der Waals surface area contributed by atoms with Gasteiger partial charge in [0.25, 0.3) is 6.33 Å². The van der Waals surface area contributed by atoms with Gasteiger partial charge in [0.15, 0.2) is 0 Å². The second-order valence-corrected chi connectivity index (χ2v) is 24.2. The summed E-state index contributed by atoms with van der Waals surface area (Å²) in [7, 11) is 0. The van der Waals surface area contributed by atoms with Gasteiger partial charge in [-0.1, -0.05) is 193 Å². The molecule has 0 saturated heterocycles. The highest BCUT2D eigenvalue weighted by Crippen LogP contribution is 2.41. The summed E-state index contributed by atoms with van der Waals surface area (Å²) in [5, 5.41) is 2.36. The van der Waals surface area contributed by atoms with Gasteiger partial charge in [0.05, 0.1) is 28.1 Å². The van der Waals surface area contributed by atoms with Crippen molar-refractivity contribution in [3.63, 3.8) is 0 Å². The smallest absolute Gasteiger partial charge is 0.269 e. The highest BCUT2D eigenvalue weighted by molar-refractivity contribution is 6.09. The molecule has 0 unspecified atom stereocenters. The van der Waals surface area contributed by atoms with Gasteiger partial charge >= 0.3 is 0 Å². The average Bonchev–Trinajstić information content (AvgIpc) is 3.97. The van der Waals surface area contributed by atoms with Crippen LogP contribution >= 0.6 is 0 Å². The molecule has 73 heavy (non-hydrogen) atoms. The van der Waals surface area contributed by atoms with Crippen molar-refractivity contribution in [1.29, 1.82) is 0 Å². The van der Waals surface area contributed by atoms with Crippen LogP contribution < -0.4 is 9.30 Å². The van der Waals surface area contributed by atoms with Crippen LogP contribution in [0.3, 0.4) is 0 Å². The maximum absolute atomic E-state index is 7.12. The summed E-state index contributed by atoms with van der Waals surface area (Å²) in [6.07, 6.45) is 8.14. The third-order valence-corrected chi connectivity index (χ3v) is 15.1. The summed E-state index contributed by atoms with van der Waals surface area (Å²) in [6, 6.07) is 63.8. The van der Waals surface area contributed by atoms with Crippen LogP contribution in [0.1, 0.15) is 129 Å². The van der Waals surface area contributed by atoms with E-state index in [0.717, 1.165) is 61.9 Å². The Balaban J connectivity index is 1.15. The zero-order valence-electron chi connectivity index (χ0n) is 45.1. The summed E-state index contributed by atoms with van der Waals surface area (Å²) < 4.78 is 13.9. The molecule has 5 nitrogen and oxygen atoms in total. The summed E-state index contributed by atoms with van der Waals surface area (Å²) >= 11 is 0. The molecule has 0 fully saturated rings. The van der Waals surface area contributed by atoms with E-state index in [-0.39, 0.29) is 21.7 Å². The molecule has 368 valence electrons. The quantitative estimate of drug-likeness (QED) is 0.101. The fourth-order valence-corrected chi connectivity index (χ4v) is 10.2. The molecule has 0 N–H and O–H groups in total. The van der Waals surface area contributed by atoms with Crippen molar-refractivity contribution in [2.75, 3.05) is 0 Å². The van der Waals surface area contributed by atoms with Crippen LogP contribution in [-0.4, -0.2) is 14.1 Å². The van der Waals surface area contributed by atoms with Crippen molar-refractivity contribution < 1.29 is 9.30 Å². The van der Waals surface area contributed by atoms with E-state index < -0.39 is 5.41 Å². The Hall–Kier alpha value is -7.50. The second kappa shape index (κ2) is 18.2. The third-order valence-electron chi connectivity index (χ3n) is 15.1. The van der Waals surface area contributed by atoms with Crippen LogP contribution in [0.2, 0.25) is 0 Å². The van der Waals surface area contributed by atoms with Gasteiger partial charge in [-0.15, -0.1) is 0 Å². The normalized spacial score (nSPS) is 12.7. The predicted octanol–water partition coefficient (Wildman–Crippen LogP) is 17.0. The van der Waals surface area contributed by atoms with Crippen molar-refractivity contribution in [2.45, 2.75) is 117 Å². The Bertz CT molecular complexity index is 3630. The average molecular weight is 959 g/mol. The molecule has 0 atom stereocenters. The summed E-state index contributed by atoms with van der Waals surface area (Å²) in [4.78, 5) is 5.00. The SMILES string of the molecule is CC(C)(C)c1cc(Oc2ccc3c4cc(C(C)(C)C)ccc4n(-c4cc(C(C)(C)C)ccn4)c3c2)cc(-n2[c-][n+](-c3cc(-c4ccccc4)cc(C(C)(C)c4ccccc4)c3)cc2C(C)(C)c2ccccc2)c1. The molecule has 0 saturated carbocycles. The van der Waals surface area contributed by atoms with Gasteiger partial charge in [-0.05, 0) is 127 Å². The molecule has 0 spiro atoms. The number of hydrogen-bond acceptors (Lipinski definition) is 2. The number of nitrogens with zero attached hydrogens (tertiary/aromatic N) is 4. The van der Waals surface area contributed by atoms with E-state index >= 15 is 0 Å². The molecule has 7 aromatic carbocycles. The van der Waals surface area contributed by atoms with E-state index in [0.29, 0.717) is 0 Å². The number of aromatic nitrogens is 4. The maximum atomic E-state index is 7.12. The highest BCUT2D eigenvalue weighted by Gasteiger charge is 2.31. The lowest BCUT2D eigenvalue weighted by atomic mass is 9.77. The van der Waals surface area contributed by atoms with Crippen LogP contribution in [0.4, 0.5) is 0 Å². The first kappa shape index (κ1) is 49.1. The lowest BCUT2D eigenvalue weighted by molar-refractivity contribution is -0.599. The number of pyridine rings is 1. The molecular weight excluding hydrogens is 889 g/mol. The minimum atomic E-state index is -0.422. The standard InChI is InChI=1S/C68H70N4O/c1-64(2,3)50-29-32-60-59(40-50)58-31-30-56(43-61(58)72(60)63-41-51(33-34-69-63)65(4,5)6)73-57-39-52(66(7,8)9)37-55(42-57)71-45-70(44-62(71)68(12,13)49-27-21-16-22-28-49)54-36-47(46-23-17-14-18-24-46)35-53(38-54)67(10,11)48-25-19-15-20-26-48/h14-44H,1-13H3. The van der Waals surface area contributed by atoms with Crippen LogP contribution in [0.5, 0.6) is 11.5 Å². The van der Waals surface area contributed by atoms with E-state index in [9.17, 15) is 0 Å². The molecule has 10 aromatic rings. The van der Waals surface area contributed by atoms with Crippen LogP contribution in [0.15, 0.2) is 188 Å². The van der Waals surface area contributed by atoms with Crippen LogP contribution in [0.25, 0.3) is 50.1 Å². The Morgan fingerprint density at radius 2 is 1.05 bits per heavy atom. The van der Waals surface area contributed by atoms with Gasteiger partial charge < -0.3 is 4.74 Å². The van der Waals surface area contributed by atoms with Gasteiger partial charge in [-0.25, -0.2) is 4.98 Å². The van der Waals surface area contributed by atoms with Crippen molar-refractivity contribution >= 4 is 21.8 Å². The molecule has 3 heterocycles. The molecule has 0 amide bonds. The lowest BCUT2D eigenvalue weighted by Crippen LogP contribution is -2.30. The Labute approximate surface area is 433 Å². The van der Waals surface area contributed by atoms with Crippen LogP contribution in [-0.2, 0) is 27.1 Å². The van der Waals surface area contributed by atoms with Gasteiger partial charge in [0.2, 0.25) is 0 Å². The molecule has 0 radical (unpaired) electrons. The number of imidazole rings is 1. The number of rotatable bonds is 10. The monoisotopic (exact) mass is 959 g/mol. The molecular formula is C68H70N4O. The third kappa shape index (κ3) is 9.54. The van der Waals surface area contributed by atoms with E-state index in [4.69, 9.17) is 9.72 Å². The zero-order valence-corrected chi connectivity index (χ0v) is 45.1. The van der Waals surface area contributed by atoms with E-state index in [2.05, 4.69) is 292 Å². The molecule has 0 aliphatic carbocycles. The fourth-order valence-electron chi connectivity index (χ4n) is 10.2. The topological polar surface area (TPSA) is 35.9 Å². The molecule has 0 bridgehead atoms. The maximum Gasteiger partial charge on any atom is 0.269 e. The molecule has 0 aliphatic rings. The van der Waals surface area contributed by atoms with E-state index in [1.807, 2.05) is 6.20 Å².